The number of carbonyl (C=O) groups excluding carboxylic acids is 1. The highest BCUT2D eigenvalue weighted by atomic mass is 16.2. The fraction of sp³-hybridized carbons (Fsp3) is 0.900. The molecule has 76 valence electrons. The monoisotopic (exact) mass is 184 g/mol. The van der Waals surface area contributed by atoms with E-state index in [-0.39, 0.29) is 11.6 Å². The topological polar surface area (TPSA) is 23.6 Å². The SMILES string of the molecule is CCC1(C(C)C)N(C)CC(=O)N1C. The first kappa shape index (κ1) is 10.5. The Morgan fingerprint density at radius 2 is 2.00 bits per heavy atom. The molecule has 0 spiro atoms. The Labute approximate surface area is 80.7 Å². The van der Waals surface area contributed by atoms with Gasteiger partial charge in [-0.1, -0.05) is 20.8 Å². The molecule has 0 saturated carbocycles. The fourth-order valence-corrected chi connectivity index (χ4v) is 2.66. The summed E-state index contributed by atoms with van der Waals surface area (Å²) >= 11 is 0. The van der Waals surface area contributed by atoms with Crippen LogP contribution >= 0.6 is 0 Å². The summed E-state index contributed by atoms with van der Waals surface area (Å²) in [7, 11) is 3.94. The van der Waals surface area contributed by atoms with Crippen molar-refractivity contribution in [3.63, 3.8) is 0 Å². The first-order valence-corrected chi connectivity index (χ1v) is 4.94. The molecule has 13 heavy (non-hydrogen) atoms. The maximum absolute atomic E-state index is 11.5. The zero-order valence-corrected chi connectivity index (χ0v) is 9.29. The Bertz CT molecular complexity index is 215. The molecule has 1 atom stereocenters. The minimum absolute atomic E-state index is 0.0584. The molecule has 1 rings (SSSR count). The Morgan fingerprint density at radius 1 is 1.46 bits per heavy atom. The molecule has 1 aliphatic heterocycles. The number of nitrogens with zero attached hydrogens (tertiary/aromatic N) is 2. The van der Waals surface area contributed by atoms with Crippen LogP contribution in [0, 0.1) is 5.92 Å². The number of amides is 1. The summed E-state index contributed by atoms with van der Waals surface area (Å²) in [5.41, 5.74) is -0.0584. The van der Waals surface area contributed by atoms with Gasteiger partial charge in [0.1, 0.15) is 0 Å². The first-order valence-electron chi connectivity index (χ1n) is 4.94. The first-order chi connectivity index (χ1) is 5.96. The van der Waals surface area contributed by atoms with Gasteiger partial charge in [0.2, 0.25) is 5.91 Å². The third-order valence-corrected chi connectivity index (χ3v) is 3.43. The predicted octanol–water partition coefficient (Wildman–Crippen LogP) is 1.15. The van der Waals surface area contributed by atoms with Crippen molar-refractivity contribution in [3.8, 4) is 0 Å². The van der Waals surface area contributed by atoms with Gasteiger partial charge in [0.15, 0.2) is 0 Å². The van der Waals surface area contributed by atoms with Crippen molar-refractivity contribution in [1.29, 1.82) is 0 Å². The molecule has 1 heterocycles. The molecule has 0 radical (unpaired) electrons. The highest BCUT2D eigenvalue weighted by molar-refractivity contribution is 5.81. The smallest absolute Gasteiger partial charge is 0.238 e. The predicted molar refractivity (Wildman–Crippen MR) is 53.3 cm³/mol. The molecule has 1 aliphatic rings. The Hall–Kier alpha value is -0.570. The van der Waals surface area contributed by atoms with Crippen LogP contribution in [-0.4, -0.2) is 42.0 Å². The van der Waals surface area contributed by atoms with Gasteiger partial charge in [0.05, 0.1) is 12.2 Å². The van der Waals surface area contributed by atoms with Gasteiger partial charge in [0, 0.05) is 7.05 Å². The third kappa shape index (κ3) is 1.26. The quantitative estimate of drug-likeness (QED) is 0.643. The van der Waals surface area contributed by atoms with Crippen molar-refractivity contribution in [2.24, 2.45) is 5.92 Å². The van der Waals surface area contributed by atoms with Gasteiger partial charge in [-0.25, -0.2) is 0 Å². The second-order valence-corrected chi connectivity index (χ2v) is 4.20. The maximum Gasteiger partial charge on any atom is 0.238 e. The summed E-state index contributed by atoms with van der Waals surface area (Å²) in [5.74, 6) is 0.706. The summed E-state index contributed by atoms with van der Waals surface area (Å²) in [6.07, 6.45) is 0.989. The normalized spacial score (nSPS) is 30.6. The Balaban J connectivity index is 3.03. The lowest BCUT2D eigenvalue weighted by Crippen LogP contribution is -2.54. The van der Waals surface area contributed by atoms with Crippen molar-refractivity contribution in [3.05, 3.63) is 0 Å². The van der Waals surface area contributed by atoms with Crippen LogP contribution in [0.4, 0.5) is 0 Å². The molecular formula is C10H20N2O. The molecule has 1 unspecified atom stereocenters. The molecule has 0 aromatic carbocycles. The number of likely N-dealkylation sites (N-methyl/N-ethyl adjacent to an activating group) is 2. The van der Waals surface area contributed by atoms with Crippen molar-refractivity contribution < 1.29 is 4.79 Å². The second-order valence-electron chi connectivity index (χ2n) is 4.20. The van der Waals surface area contributed by atoms with Crippen LogP contribution in [0.15, 0.2) is 0 Å². The zero-order valence-electron chi connectivity index (χ0n) is 9.29. The van der Waals surface area contributed by atoms with Gasteiger partial charge < -0.3 is 4.90 Å². The molecule has 1 saturated heterocycles. The van der Waals surface area contributed by atoms with Gasteiger partial charge >= 0.3 is 0 Å². The number of hydrogen-bond donors (Lipinski definition) is 0. The second kappa shape index (κ2) is 3.29. The molecule has 0 aromatic rings. The minimum atomic E-state index is -0.0584. The van der Waals surface area contributed by atoms with E-state index in [0.29, 0.717) is 12.5 Å². The van der Waals surface area contributed by atoms with Crippen LogP contribution in [0.1, 0.15) is 27.2 Å². The van der Waals surface area contributed by atoms with Gasteiger partial charge in [-0.3, -0.25) is 9.69 Å². The van der Waals surface area contributed by atoms with E-state index in [1.54, 1.807) is 0 Å². The lowest BCUT2D eigenvalue weighted by molar-refractivity contribution is -0.130. The van der Waals surface area contributed by atoms with E-state index >= 15 is 0 Å². The molecule has 0 aromatic heterocycles. The average Bonchev–Trinajstić information content (AvgIpc) is 2.25. The number of rotatable bonds is 2. The highest BCUT2D eigenvalue weighted by Crippen LogP contribution is 2.34. The Morgan fingerprint density at radius 3 is 2.15 bits per heavy atom. The summed E-state index contributed by atoms with van der Waals surface area (Å²) < 4.78 is 0. The van der Waals surface area contributed by atoms with E-state index < -0.39 is 0 Å². The van der Waals surface area contributed by atoms with E-state index in [4.69, 9.17) is 0 Å². The zero-order chi connectivity index (χ0) is 10.2. The van der Waals surface area contributed by atoms with E-state index in [1.165, 1.54) is 0 Å². The van der Waals surface area contributed by atoms with Crippen molar-refractivity contribution >= 4 is 5.91 Å². The van der Waals surface area contributed by atoms with Crippen molar-refractivity contribution in [1.82, 2.24) is 9.80 Å². The van der Waals surface area contributed by atoms with Crippen LogP contribution in [0.3, 0.4) is 0 Å². The summed E-state index contributed by atoms with van der Waals surface area (Å²) in [4.78, 5) is 15.6. The molecule has 1 amide bonds. The summed E-state index contributed by atoms with van der Waals surface area (Å²) in [6.45, 7) is 7.05. The lowest BCUT2D eigenvalue weighted by Gasteiger charge is -2.43. The Kier molecular flexibility index (Phi) is 2.66. The molecule has 3 heteroatoms. The molecule has 0 aliphatic carbocycles. The van der Waals surface area contributed by atoms with Crippen LogP contribution in [0.5, 0.6) is 0 Å². The van der Waals surface area contributed by atoms with E-state index in [1.807, 2.05) is 19.0 Å². The summed E-state index contributed by atoms with van der Waals surface area (Å²) in [6, 6.07) is 0. The minimum Gasteiger partial charge on any atom is -0.326 e. The fourth-order valence-electron chi connectivity index (χ4n) is 2.66. The maximum atomic E-state index is 11.5. The summed E-state index contributed by atoms with van der Waals surface area (Å²) in [5, 5.41) is 0. The number of carbonyl (C=O) groups is 1. The van der Waals surface area contributed by atoms with E-state index in [0.717, 1.165) is 6.42 Å². The van der Waals surface area contributed by atoms with Crippen LogP contribution in [-0.2, 0) is 4.79 Å². The standard InChI is InChI=1S/C10H20N2O/c1-6-10(8(2)3)11(4)7-9(13)12(10)5/h8H,6-7H2,1-5H3. The van der Waals surface area contributed by atoms with Crippen molar-refractivity contribution in [2.45, 2.75) is 32.9 Å². The van der Waals surface area contributed by atoms with E-state index in [9.17, 15) is 4.79 Å². The third-order valence-electron chi connectivity index (χ3n) is 3.43. The lowest BCUT2D eigenvalue weighted by atomic mass is 9.91. The van der Waals surface area contributed by atoms with Gasteiger partial charge in [0.25, 0.3) is 0 Å². The molecule has 1 fully saturated rings. The molecule has 0 bridgehead atoms. The largest absolute Gasteiger partial charge is 0.326 e. The van der Waals surface area contributed by atoms with E-state index in [2.05, 4.69) is 25.7 Å². The van der Waals surface area contributed by atoms with Crippen LogP contribution in [0.25, 0.3) is 0 Å². The van der Waals surface area contributed by atoms with Crippen LogP contribution < -0.4 is 0 Å². The molecule has 0 N–H and O–H groups in total. The highest BCUT2D eigenvalue weighted by Gasteiger charge is 2.48. The van der Waals surface area contributed by atoms with Crippen LogP contribution in [0.2, 0.25) is 0 Å². The van der Waals surface area contributed by atoms with Gasteiger partial charge in [-0.05, 0) is 19.4 Å². The van der Waals surface area contributed by atoms with Gasteiger partial charge in [-0.15, -0.1) is 0 Å². The average molecular weight is 184 g/mol. The van der Waals surface area contributed by atoms with Gasteiger partial charge in [-0.2, -0.15) is 0 Å². The van der Waals surface area contributed by atoms with Crippen molar-refractivity contribution in [2.75, 3.05) is 20.6 Å². The number of hydrogen-bond acceptors (Lipinski definition) is 2. The molecular weight excluding hydrogens is 164 g/mol. The molecule has 3 nitrogen and oxygen atoms in total.